The minimum atomic E-state index is -0.742. The van der Waals surface area contributed by atoms with Crippen molar-refractivity contribution >= 4 is 62.4 Å². The molecule has 1 aromatic heterocycles. The molecule has 0 saturated carbocycles. The number of anilines is 1. The second kappa shape index (κ2) is 11.6. The SMILES string of the molecule is COc1ccc(CCNC(=O)C(C)Sc2nc3ccc(N4C(=O)c5cccc([N+](=O)[O-])c5C4=O)cc3s2)cc1OC. The number of rotatable bonds is 10. The maximum absolute atomic E-state index is 13.1. The predicted octanol–water partition coefficient (Wildman–Crippen LogP) is 4.86. The van der Waals surface area contributed by atoms with Gasteiger partial charge in [-0.1, -0.05) is 23.9 Å². The van der Waals surface area contributed by atoms with E-state index in [0.717, 1.165) is 10.5 Å². The Morgan fingerprint density at radius 1 is 1.10 bits per heavy atom. The van der Waals surface area contributed by atoms with E-state index in [0.29, 0.717) is 44.7 Å². The van der Waals surface area contributed by atoms with Crippen LogP contribution in [-0.2, 0) is 11.2 Å². The molecule has 0 radical (unpaired) electrons. The number of carbonyl (C=O) groups is 3. The van der Waals surface area contributed by atoms with Gasteiger partial charge in [0.25, 0.3) is 17.5 Å². The molecular weight excluding hydrogens is 568 g/mol. The molecular formula is C28H24N4O7S2. The highest BCUT2D eigenvalue weighted by molar-refractivity contribution is 8.02. The van der Waals surface area contributed by atoms with Gasteiger partial charge >= 0.3 is 0 Å². The molecule has 13 heteroatoms. The molecule has 0 spiro atoms. The number of amides is 3. The van der Waals surface area contributed by atoms with Crippen LogP contribution in [0.1, 0.15) is 33.2 Å². The average Bonchev–Trinajstić information content (AvgIpc) is 3.48. The van der Waals surface area contributed by atoms with Crippen molar-refractivity contribution in [3.8, 4) is 11.5 Å². The number of thioether (sulfide) groups is 1. The molecule has 210 valence electrons. The van der Waals surface area contributed by atoms with E-state index in [1.807, 2.05) is 18.2 Å². The number of methoxy groups -OCH3 is 2. The Bertz CT molecular complexity index is 1700. The van der Waals surface area contributed by atoms with Crippen LogP contribution in [0.5, 0.6) is 11.5 Å². The number of fused-ring (bicyclic) bond motifs is 2. The lowest BCUT2D eigenvalue weighted by atomic mass is 10.1. The lowest BCUT2D eigenvalue weighted by Gasteiger charge is -2.13. The van der Waals surface area contributed by atoms with Crippen LogP contribution in [0.4, 0.5) is 11.4 Å². The van der Waals surface area contributed by atoms with E-state index in [1.54, 1.807) is 39.3 Å². The van der Waals surface area contributed by atoms with Crippen LogP contribution in [0, 0.1) is 10.1 Å². The topological polar surface area (TPSA) is 141 Å². The molecule has 1 aliphatic heterocycles. The van der Waals surface area contributed by atoms with Gasteiger partial charge in [-0.05, 0) is 55.3 Å². The van der Waals surface area contributed by atoms with Crippen LogP contribution in [0.3, 0.4) is 0 Å². The number of benzene rings is 3. The highest BCUT2D eigenvalue weighted by atomic mass is 32.2. The maximum atomic E-state index is 13.1. The highest BCUT2D eigenvalue weighted by Gasteiger charge is 2.41. The molecule has 0 aliphatic carbocycles. The van der Waals surface area contributed by atoms with Gasteiger partial charge in [0, 0.05) is 12.6 Å². The highest BCUT2D eigenvalue weighted by Crippen LogP contribution is 2.38. The zero-order chi connectivity index (χ0) is 29.3. The van der Waals surface area contributed by atoms with E-state index in [1.165, 1.54) is 41.3 Å². The number of nitro benzene ring substituents is 1. The minimum absolute atomic E-state index is 0.00388. The molecule has 1 aliphatic rings. The number of ether oxygens (including phenoxy) is 2. The molecule has 1 N–H and O–H groups in total. The molecule has 3 amide bonds. The second-order valence-corrected chi connectivity index (χ2v) is 11.6. The summed E-state index contributed by atoms with van der Waals surface area (Å²) in [5, 5.41) is 13.9. The molecule has 1 unspecified atom stereocenters. The van der Waals surface area contributed by atoms with Crippen molar-refractivity contribution in [1.82, 2.24) is 10.3 Å². The Labute approximate surface area is 242 Å². The van der Waals surface area contributed by atoms with E-state index < -0.39 is 27.7 Å². The Morgan fingerprint density at radius 2 is 1.88 bits per heavy atom. The molecule has 0 fully saturated rings. The van der Waals surface area contributed by atoms with Crippen molar-refractivity contribution < 1.29 is 28.8 Å². The molecule has 1 atom stereocenters. The zero-order valence-corrected chi connectivity index (χ0v) is 23.8. The summed E-state index contributed by atoms with van der Waals surface area (Å²) >= 11 is 2.63. The molecule has 4 aromatic rings. The number of imide groups is 1. The van der Waals surface area contributed by atoms with Gasteiger partial charge in [-0.15, -0.1) is 11.3 Å². The molecule has 0 saturated heterocycles. The predicted molar refractivity (Wildman–Crippen MR) is 155 cm³/mol. The summed E-state index contributed by atoms with van der Waals surface area (Å²) in [5.74, 6) is -0.229. The van der Waals surface area contributed by atoms with Crippen LogP contribution in [0.15, 0.2) is 58.9 Å². The fourth-order valence-electron chi connectivity index (χ4n) is 4.45. The smallest absolute Gasteiger partial charge is 0.283 e. The summed E-state index contributed by atoms with van der Waals surface area (Å²) < 4.78 is 11.9. The Balaban J connectivity index is 1.24. The van der Waals surface area contributed by atoms with Crippen molar-refractivity contribution in [2.45, 2.75) is 22.9 Å². The van der Waals surface area contributed by atoms with Crippen molar-refractivity contribution in [2.75, 3.05) is 25.7 Å². The van der Waals surface area contributed by atoms with E-state index in [2.05, 4.69) is 10.3 Å². The quantitative estimate of drug-likeness (QED) is 0.118. The molecule has 3 aromatic carbocycles. The number of carbonyl (C=O) groups excluding carboxylic acids is 3. The lowest BCUT2D eigenvalue weighted by Crippen LogP contribution is -2.32. The first-order chi connectivity index (χ1) is 19.7. The first-order valence-electron chi connectivity index (χ1n) is 12.4. The lowest BCUT2D eigenvalue weighted by molar-refractivity contribution is -0.385. The van der Waals surface area contributed by atoms with Gasteiger partial charge in [0.2, 0.25) is 5.91 Å². The van der Waals surface area contributed by atoms with Gasteiger partial charge < -0.3 is 14.8 Å². The normalized spacial score (nSPS) is 13.3. The average molecular weight is 593 g/mol. The van der Waals surface area contributed by atoms with E-state index in [-0.39, 0.29) is 17.0 Å². The minimum Gasteiger partial charge on any atom is -0.493 e. The zero-order valence-electron chi connectivity index (χ0n) is 22.2. The number of hydrogen-bond donors (Lipinski definition) is 1. The molecule has 0 bridgehead atoms. The number of nitrogens with one attached hydrogen (secondary N) is 1. The Hall–Kier alpha value is -4.49. The van der Waals surface area contributed by atoms with Crippen LogP contribution >= 0.6 is 23.1 Å². The summed E-state index contributed by atoms with van der Waals surface area (Å²) in [7, 11) is 3.15. The summed E-state index contributed by atoms with van der Waals surface area (Å²) in [6.45, 7) is 2.24. The van der Waals surface area contributed by atoms with Crippen molar-refractivity contribution in [1.29, 1.82) is 0 Å². The summed E-state index contributed by atoms with van der Waals surface area (Å²) in [5.41, 5.74) is 1.31. The third kappa shape index (κ3) is 5.45. The Morgan fingerprint density at radius 3 is 2.61 bits per heavy atom. The second-order valence-electron chi connectivity index (χ2n) is 9.02. The standard InChI is InChI=1S/C28H24N4O7S2/c1-15(25(33)29-12-11-16-7-10-21(38-2)22(13-16)39-3)40-28-30-19-9-8-17(14-23(19)41-28)31-26(34)18-5-4-6-20(32(36)37)24(18)27(31)35/h4-10,13-15H,11-12H2,1-3H3,(H,29,33). The number of thiazole rings is 1. The molecule has 2 heterocycles. The fraction of sp³-hybridized carbons (Fsp3) is 0.214. The molecule has 11 nitrogen and oxygen atoms in total. The van der Waals surface area contributed by atoms with E-state index in [9.17, 15) is 24.5 Å². The van der Waals surface area contributed by atoms with Crippen LogP contribution in [0.25, 0.3) is 10.2 Å². The Kier molecular flexibility index (Phi) is 7.90. The van der Waals surface area contributed by atoms with Crippen LogP contribution < -0.4 is 19.7 Å². The van der Waals surface area contributed by atoms with Crippen molar-refractivity contribution in [2.24, 2.45) is 0 Å². The van der Waals surface area contributed by atoms with Gasteiger partial charge in [-0.2, -0.15) is 0 Å². The summed E-state index contributed by atoms with van der Waals surface area (Å²) in [6.07, 6.45) is 0.619. The number of aromatic nitrogens is 1. The summed E-state index contributed by atoms with van der Waals surface area (Å²) in [4.78, 5) is 55.1. The van der Waals surface area contributed by atoms with Crippen LogP contribution in [0.2, 0.25) is 0 Å². The van der Waals surface area contributed by atoms with E-state index in [4.69, 9.17) is 9.47 Å². The molecule has 41 heavy (non-hydrogen) atoms. The summed E-state index contributed by atoms with van der Waals surface area (Å²) in [6, 6.07) is 14.5. The van der Waals surface area contributed by atoms with Crippen molar-refractivity contribution in [3.63, 3.8) is 0 Å². The molecule has 5 rings (SSSR count). The first-order valence-corrected chi connectivity index (χ1v) is 14.1. The van der Waals surface area contributed by atoms with Gasteiger partial charge in [-0.25, -0.2) is 9.88 Å². The van der Waals surface area contributed by atoms with Crippen LogP contribution in [-0.4, -0.2) is 53.6 Å². The van der Waals surface area contributed by atoms with E-state index >= 15 is 0 Å². The maximum Gasteiger partial charge on any atom is 0.283 e. The largest absolute Gasteiger partial charge is 0.493 e. The number of nitrogens with zero attached hydrogens (tertiary/aromatic N) is 3. The number of nitro groups is 1. The third-order valence-corrected chi connectivity index (χ3v) is 8.72. The van der Waals surface area contributed by atoms with Gasteiger partial charge in [0.05, 0.1) is 45.9 Å². The first kappa shape index (κ1) is 28.1. The van der Waals surface area contributed by atoms with Gasteiger partial charge in [-0.3, -0.25) is 24.5 Å². The third-order valence-electron chi connectivity index (χ3n) is 6.51. The monoisotopic (exact) mass is 592 g/mol. The van der Waals surface area contributed by atoms with Crippen molar-refractivity contribution in [3.05, 3.63) is 81.4 Å². The fourth-order valence-corrected chi connectivity index (χ4v) is 6.72. The van der Waals surface area contributed by atoms with Gasteiger partial charge in [0.15, 0.2) is 15.8 Å². The van der Waals surface area contributed by atoms with Gasteiger partial charge in [0.1, 0.15) is 5.56 Å². The number of hydrogen-bond acceptors (Lipinski definition) is 10.